The van der Waals surface area contributed by atoms with E-state index in [-0.39, 0.29) is 17.6 Å². The molecule has 0 aliphatic heterocycles. The van der Waals surface area contributed by atoms with Crippen molar-refractivity contribution in [3.05, 3.63) is 39.8 Å². The Morgan fingerprint density at radius 1 is 1.08 bits per heavy atom. The Hall–Kier alpha value is -3.16. The maximum absolute atomic E-state index is 13.0. The summed E-state index contributed by atoms with van der Waals surface area (Å²) in [6, 6.07) is 5.00. The SMILES string of the molecule is CCOC(=O)c1c(NC(=O)C(C)Sc2nnc(NC(=O)c3cccc(OC)c3OC)s2)sc2c1CCCC2. The molecule has 4 rings (SSSR count). The molecule has 2 aromatic heterocycles. The van der Waals surface area contributed by atoms with Crippen molar-refractivity contribution in [3.63, 3.8) is 0 Å². The standard InChI is InChI=1S/C25H28N4O6S3/c1-5-35-23(32)18-14-9-6-7-12-17(14)37-22(18)26-20(30)13(2)36-25-29-28-24(38-25)27-21(31)15-10-8-11-16(33-3)19(15)34-4/h8,10-11,13H,5-7,9,12H2,1-4H3,(H,26,30)(H,27,28,31). The second-order valence-electron chi connectivity index (χ2n) is 8.25. The summed E-state index contributed by atoms with van der Waals surface area (Å²) < 4.78 is 16.4. The van der Waals surface area contributed by atoms with Crippen LogP contribution in [0.2, 0.25) is 0 Å². The summed E-state index contributed by atoms with van der Waals surface area (Å²) >= 11 is 3.81. The number of ether oxygens (including phenoxy) is 3. The van der Waals surface area contributed by atoms with Gasteiger partial charge >= 0.3 is 5.97 Å². The van der Waals surface area contributed by atoms with Gasteiger partial charge in [-0.15, -0.1) is 21.5 Å². The number of aryl methyl sites for hydroxylation is 1. The topological polar surface area (TPSA) is 129 Å². The number of methoxy groups -OCH3 is 2. The summed E-state index contributed by atoms with van der Waals surface area (Å²) in [7, 11) is 2.96. The highest BCUT2D eigenvalue weighted by Gasteiger charge is 2.28. The van der Waals surface area contributed by atoms with E-state index in [1.165, 1.54) is 37.3 Å². The van der Waals surface area contributed by atoms with E-state index < -0.39 is 17.1 Å². The van der Waals surface area contributed by atoms with Crippen LogP contribution in [0.1, 0.15) is 57.8 Å². The number of esters is 1. The number of hydrogen-bond acceptors (Lipinski definition) is 11. The van der Waals surface area contributed by atoms with Gasteiger partial charge in [0.25, 0.3) is 5.91 Å². The lowest BCUT2D eigenvalue weighted by Crippen LogP contribution is -2.23. The van der Waals surface area contributed by atoms with Crippen LogP contribution in [0.4, 0.5) is 10.1 Å². The fourth-order valence-corrected chi connectivity index (χ4v) is 7.20. The highest BCUT2D eigenvalue weighted by Crippen LogP contribution is 2.39. The van der Waals surface area contributed by atoms with E-state index in [9.17, 15) is 14.4 Å². The van der Waals surface area contributed by atoms with Crippen molar-refractivity contribution < 1.29 is 28.6 Å². The van der Waals surface area contributed by atoms with Gasteiger partial charge in [0, 0.05) is 4.88 Å². The largest absolute Gasteiger partial charge is 0.493 e. The van der Waals surface area contributed by atoms with E-state index in [0.717, 1.165) is 47.5 Å². The molecule has 1 atom stereocenters. The molecule has 0 saturated carbocycles. The van der Waals surface area contributed by atoms with E-state index in [0.29, 0.717) is 32.0 Å². The van der Waals surface area contributed by atoms with Gasteiger partial charge in [-0.05, 0) is 57.2 Å². The third-order valence-corrected chi connectivity index (χ3v) is 9.04. The molecule has 3 aromatic rings. The molecule has 0 radical (unpaired) electrons. The number of rotatable bonds is 10. The summed E-state index contributed by atoms with van der Waals surface area (Å²) in [5, 5.41) is 14.1. The van der Waals surface area contributed by atoms with Crippen molar-refractivity contribution in [3.8, 4) is 11.5 Å². The summed E-state index contributed by atoms with van der Waals surface area (Å²) in [5.41, 5.74) is 1.76. The van der Waals surface area contributed by atoms with Crippen molar-refractivity contribution >= 4 is 62.4 Å². The monoisotopic (exact) mass is 576 g/mol. The normalized spacial score (nSPS) is 13.3. The maximum Gasteiger partial charge on any atom is 0.341 e. The van der Waals surface area contributed by atoms with Crippen LogP contribution in [0.3, 0.4) is 0 Å². The molecule has 1 aromatic carbocycles. The molecule has 0 fully saturated rings. The van der Waals surface area contributed by atoms with Crippen LogP contribution >= 0.6 is 34.4 Å². The Bertz CT molecular complexity index is 1340. The fraction of sp³-hybridized carbons (Fsp3) is 0.400. The number of thioether (sulfide) groups is 1. The Kier molecular flexibility index (Phi) is 9.23. The molecule has 0 saturated heterocycles. The minimum Gasteiger partial charge on any atom is -0.493 e. The second-order valence-corrected chi connectivity index (χ2v) is 11.9. The molecule has 0 bridgehead atoms. The van der Waals surface area contributed by atoms with Crippen LogP contribution in [0.15, 0.2) is 22.5 Å². The van der Waals surface area contributed by atoms with Crippen molar-refractivity contribution in [2.45, 2.75) is 49.1 Å². The van der Waals surface area contributed by atoms with Gasteiger partial charge in [0.2, 0.25) is 11.0 Å². The predicted molar refractivity (Wildman–Crippen MR) is 148 cm³/mol. The van der Waals surface area contributed by atoms with Crippen molar-refractivity contribution in [2.75, 3.05) is 31.5 Å². The molecule has 1 unspecified atom stereocenters. The van der Waals surface area contributed by atoms with E-state index >= 15 is 0 Å². The number of hydrogen-bond donors (Lipinski definition) is 2. The molecule has 0 spiro atoms. The maximum atomic E-state index is 13.0. The first-order valence-electron chi connectivity index (χ1n) is 12.0. The first-order valence-corrected chi connectivity index (χ1v) is 14.5. The lowest BCUT2D eigenvalue weighted by molar-refractivity contribution is -0.115. The fourth-order valence-electron chi connectivity index (χ4n) is 4.03. The Morgan fingerprint density at radius 2 is 1.87 bits per heavy atom. The quantitative estimate of drug-likeness (QED) is 0.194. The number of nitrogens with zero attached hydrogens (tertiary/aromatic N) is 2. The third-order valence-electron chi connectivity index (χ3n) is 5.81. The number of amides is 2. The van der Waals surface area contributed by atoms with Gasteiger partial charge in [-0.25, -0.2) is 4.79 Å². The van der Waals surface area contributed by atoms with Gasteiger partial charge in [-0.3, -0.25) is 14.9 Å². The Morgan fingerprint density at radius 3 is 2.61 bits per heavy atom. The van der Waals surface area contributed by atoms with Crippen LogP contribution < -0.4 is 20.1 Å². The smallest absolute Gasteiger partial charge is 0.341 e. The Balaban J connectivity index is 1.42. The van der Waals surface area contributed by atoms with E-state index in [4.69, 9.17) is 14.2 Å². The highest BCUT2D eigenvalue weighted by atomic mass is 32.2. The van der Waals surface area contributed by atoms with E-state index in [2.05, 4.69) is 20.8 Å². The molecule has 13 heteroatoms. The molecule has 38 heavy (non-hydrogen) atoms. The summed E-state index contributed by atoms with van der Waals surface area (Å²) in [5.74, 6) is -0.339. The lowest BCUT2D eigenvalue weighted by atomic mass is 9.95. The van der Waals surface area contributed by atoms with Crippen LogP contribution in [-0.2, 0) is 22.4 Å². The minimum atomic E-state index is -0.529. The summed E-state index contributed by atoms with van der Waals surface area (Å²) in [4.78, 5) is 39.7. The van der Waals surface area contributed by atoms with Crippen molar-refractivity contribution in [1.29, 1.82) is 0 Å². The van der Waals surface area contributed by atoms with Gasteiger partial charge in [0.1, 0.15) is 5.00 Å². The van der Waals surface area contributed by atoms with Crippen LogP contribution in [0.5, 0.6) is 11.5 Å². The first-order chi connectivity index (χ1) is 18.4. The van der Waals surface area contributed by atoms with Crippen molar-refractivity contribution in [1.82, 2.24) is 10.2 Å². The zero-order valence-corrected chi connectivity index (χ0v) is 23.9. The van der Waals surface area contributed by atoms with Crippen molar-refractivity contribution in [2.24, 2.45) is 0 Å². The number of anilines is 2. The average molecular weight is 577 g/mol. The summed E-state index contributed by atoms with van der Waals surface area (Å²) in [6.07, 6.45) is 3.78. The first kappa shape index (κ1) is 27.9. The predicted octanol–water partition coefficient (Wildman–Crippen LogP) is 5.04. The highest BCUT2D eigenvalue weighted by molar-refractivity contribution is 8.02. The number of benzene rings is 1. The zero-order chi connectivity index (χ0) is 27.2. The molecular formula is C25H28N4O6S3. The number of thiophene rings is 1. The molecule has 2 N–H and O–H groups in total. The van der Waals surface area contributed by atoms with E-state index in [1.54, 1.807) is 32.0 Å². The number of aromatic nitrogens is 2. The zero-order valence-electron chi connectivity index (χ0n) is 21.4. The molecular weight excluding hydrogens is 548 g/mol. The van der Waals surface area contributed by atoms with Gasteiger partial charge in [0.15, 0.2) is 15.8 Å². The van der Waals surface area contributed by atoms with Gasteiger partial charge in [-0.2, -0.15) is 0 Å². The van der Waals surface area contributed by atoms with Crippen LogP contribution in [-0.4, -0.2) is 54.1 Å². The molecule has 1 aliphatic rings. The lowest BCUT2D eigenvalue weighted by Gasteiger charge is -2.13. The molecule has 202 valence electrons. The number of carbonyl (C=O) groups is 3. The number of nitrogens with one attached hydrogen (secondary N) is 2. The van der Waals surface area contributed by atoms with Gasteiger partial charge < -0.3 is 19.5 Å². The summed E-state index contributed by atoms with van der Waals surface area (Å²) in [6.45, 7) is 3.78. The average Bonchev–Trinajstić information content (AvgIpc) is 3.51. The minimum absolute atomic E-state index is 0.263. The molecule has 2 heterocycles. The number of carbonyl (C=O) groups excluding carboxylic acids is 3. The van der Waals surface area contributed by atoms with Crippen LogP contribution in [0, 0.1) is 0 Å². The third kappa shape index (κ3) is 6.11. The van der Waals surface area contributed by atoms with E-state index in [1.807, 2.05) is 0 Å². The number of para-hydroxylation sites is 1. The second kappa shape index (κ2) is 12.6. The van der Waals surface area contributed by atoms with Gasteiger partial charge in [-0.1, -0.05) is 29.2 Å². The Labute approximate surface area is 232 Å². The molecule has 10 nitrogen and oxygen atoms in total. The number of fused-ring (bicyclic) bond motifs is 1. The molecule has 2 amide bonds. The van der Waals surface area contributed by atoms with Crippen LogP contribution in [0.25, 0.3) is 0 Å². The van der Waals surface area contributed by atoms with Gasteiger partial charge in [0.05, 0.1) is 37.2 Å². The molecule has 1 aliphatic carbocycles.